The van der Waals surface area contributed by atoms with Gasteiger partial charge in [0.05, 0.1) is 0 Å². The van der Waals surface area contributed by atoms with E-state index in [1.807, 2.05) is 0 Å². The number of hydrogen-bond acceptors (Lipinski definition) is 3. The van der Waals surface area contributed by atoms with Gasteiger partial charge in [-0.2, -0.15) is 0 Å². The minimum absolute atomic E-state index is 0.0504. The molecule has 0 saturated heterocycles. The van der Waals surface area contributed by atoms with Gasteiger partial charge in [0.25, 0.3) is 0 Å². The molecule has 0 aliphatic rings. The maximum Gasteiger partial charge on any atom is 0.141 e. The van der Waals surface area contributed by atoms with E-state index in [4.69, 9.17) is 19.0 Å². The second-order valence-corrected chi connectivity index (χ2v) is 1.88. The number of rotatable bonds is 1. The molecule has 1 aromatic heterocycles. The van der Waals surface area contributed by atoms with E-state index < -0.39 is 0 Å². The molecule has 0 aliphatic carbocycles. The highest BCUT2D eigenvalue weighted by Gasteiger charge is 1.97. The van der Waals surface area contributed by atoms with Gasteiger partial charge < -0.3 is 11.1 Å². The number of pyridine rings is 1. The molecule has 1 aromatic rings. The second-order valence-electron chi connectivity index (χ2n) is 1.88. The van der Waals surface area contributed by atoms with Crippen LogP contribution in [0.1, 0.15) is 5.56 Å². The van der Waals surface area contributed by atoms with Crippen molar-refractivity contribution in [3.05, 3.63) is 24.0 Å². The first kappa shape index (κ1) is 6.80. The molecule has 0 amide bonds. The van der Waals surface area contributed by atoms with Crippen molar-refractivity contribution < 1.29 is 0 Å². The normalized spacial score (nSPS) is 9.20. The van der Waals surface area contributed by atoms with Crippen LogP contribution in [0.25, 0.3) is 0 Å². The van der Waals surface area contributed by atoms with E-state index in [-0.39, 0.29) is 5.61 Å². The minimum Gasteiger partial charge on any atom is -0.398 e. The highest BCUT2D eigenvalue weighted by atomic mass is 14.7. The summed E-state index contributed by atoms with van der Waals surface area (Å²) in [5, 5.41) is 7.03. The lowest BCUT2D eigenvalue weighted by Crippen LogP contribution is -2.02. The Kier molecular flexibility index (Phi) is 1.71. The standard InChI is InChI=1S/C6H6BN3/c7-6(9)4-3-10-2-1-5(4)8/h1-3,9H,(H2,8,10). The lowest BCUT2D eigenvalue weighted by atomic mass is 9.94. The SMILES string of the molecule is [B]C(=N)c1cnccc1N. The van der Waals surface area contributed by atoms with Crippen molar-refractivity contribution in [2.45, 2.75) is 0 Å². The summed E-state index contributed by atoms with van der Waals surface area (Å²) in [4.78, 5) is 3.77. The number of nitrogens with two attached hydrogens (primary N) is 1. The average Bonchev–Trinajstić information content (AvgIpc) is 1.88. The van der Waals surface area contributed by atoms with Crippen LogP contribution in [0.4, 0.5) is 5.69 Å². The Morgan fingerprint density at radius 1 is 1.70 bits per heavy atom. The molecule has 0 fully saturated rings. The summed E-state index contributed by atoms with van der Waals surface area (Å²) in [6.07, 6.45) is 3.03. The third-order valence-electron chi connectivity index (χ3n) is 1.14. The molecule has 0 bridgehead atoms. The van der Waals surface area contributed by atoms with E-state index in [0.717, 1.165) is 0 Å². The first-order chi connectivity index (χ1) is 4.72. The lowest BCUT2D eigenvalue weighted by Gasteiger charge is -2.00. The predicted molar refractivity (Wildman–Crippen MR) is 41.2 cm³/mol. The molecule has 48 valence electrons. The molecule has 0 aliphatic heterocycles. The van der Waals surface area contributed by atoms with Crippen LogP contribution in [-0.2, 0) is 0 Å². The summed E-state index contributed by atoms with van der Waals surface area (Å²) < 4.78 is 0. The number of anilines is 1. The van der Waals surface area contributed by atoms with Crippen LogP contribution < -0.4 is 5.73 Å². The van der Waals surface area contributed by atoms with E-state index in [0.29, 0.717) is 11.3 Å². The Morgan fingerprint density at radius 3 is 2.80 bits per heavy atom. The summed E-state index contributed by atoms with van der Waals surface area (Å²) in [5.74, 6) is 0. The molecule has 1 rings (SSSR count). The van der Waals surface area contributed by atoms with Crippen LogP contribution in [-0.4, -0.2) is 18.4 Å². The third-order valence-corrected chi connectivity index (χ3v) is 1.14. The fraction of sp³-hybridized carbons (Fsp3) is 0. The summed E-state index contributed by atoms with van der Waals surface area (Å²) in [7, 11) is 5.18. The Balaban J connectivity index is 3.15. The molecule has 4 heteroatoms. The first-order valence-electron chi connectivity index (χ1n) is 2.75. The van der Waals surface area contributed by atoms with Crippen molar-refractivity contribution in [1.82, 2.24) is 4.98 Å². The van der Waals surface area contributed by atoms with Crippen LogP contribution in [0.15, 0.2) is 18.5 Å². The molecule has 10 heavy (non-hydrogen) atoms. The van der Waals surface area contributed by atoms with Crippen molar-refractivity contribution in [2.75, 3.05) is 5.73 Å². The molecule has 2 radical (unpaired) electrons. The highest BCUT2D eigenvalue weighted by Crippen LogP contribution is 2.06. The van der Waals surface area contributed by atoms with Crippen molar-refractivity contribution in [1.29, 1.82) is 5.41 Å². The molecule has 0 spiro atoms. The zero-order valence-corrected chi connectivity index (χ0v) is 5.33. The zero-order chi connectivity index (χ0) is 7.56. The fourth-order valence-corrected chi connectivity index (χ4v) is 0.630. The van der Waals surface area contributed by atoms with Crippen LogP contribution in [0, 0.1) is 5.41 Å². The van der Waals surface area contributed by atoms with Crippen molar-refractivity contribution in [3.63, 3.8) is 0 Å². The highest BCUT2D eigenvalue weighted by molar-refractivity contribution is 6.63. The third kappa shape index (κ3) is 1.15. The summed E-state index contributed by atoms with van der Waals surface area (Å²) in [6, 6.07) is 1.61. The van der Waals surface area contributed by atoms with Gasteiger partial charge in [-0.1, -0.05) is 0 Å². The largest absolute Gasteiger partial charge is 0.398 e. The van der Waals surface area contributed by atoms with Crippen molar-refractivity contribution >= 4 is 19.1 Å². The molecule has 1 heterocycles. The molecule has 3 N–H and O–H groups in total. The van der Waals surface area contributed by atoms with Gasteiger partial charge in [0, 0.05) is 23.6 Å². The maximum absolute atomic E-state index is 7.03. The monoisotopic (exact) mass is 131 g/mol. The number of nitrogen functional groups attached to an aromatic ring is 1. The Morgan fingerprint density at radius 2 is 2.40 bits per heavy atom. The van der Waals surface area contributed by atoms with Crippen LogP contribution in [0.2, 0.25) is 0 Å². The zero-order valence-electron chi connectivity index (χ0n) is 5.33. The number of hydrogen-bond donors (Lipinski definition) is 2. The molecule has 0 atom stereocenters. The molecular weight excluding hydrogens is 125 g/mol. The van der Waals surface area contributed by atoms with E-state index in [1.54, 1.807) is 12.3 Å². The average molecular weight is 131 g/mol. The topological polar surface area (TPSA) is 62.8 Å². The summed E-state index contributed by atoms with van der Waals surface area (Å²) >= 11 is 0. The van der Waals surface area contributed by atoms with Crippen LogP contribution in [0.3, 0.4) is 0 Å². The molecule has 3 nitrogen and oxygen atoms in total. The van der Waals surface area contributed by atoms with Gasteiger partial charge in [-0.15, -0.1) is 0 Å². The minimum atomic E-state index is -0.0504. The van der Waals surface area contributed by atoms with E-state index in [1.165, 1.54) is 6.20 Å². The van der Waals surface area contributed by atoms with Gasteiger partial charge in [-0.25, -0.2) is 0 Å². The first-order valence-corrected chi connectivity index (χ1v) is 2.75. The summed E-state index contributed by atoms with van der Waals surface area (Å²) in [6.45, 7) is 0. The van der Waals surface area contributed by atoms with Crippen molar-refractivity contribution in [2.24, 2.45) is 0 Å². The van der Waals surface area contributed by atoms with Gasteiger partial charge in [0.15, 0.2) is 0 Å². The second kappa shape index (κ2) is 2.52. The van der Waals surface area contributed by atoms with Gasteiger partial charge in [0.1, 0.15) is 7.85 Å². The predicted octanol–water partition coefficient (Wildman–Crippen LogP) is 0.158. The maximum atomic E-state index is 7.03. The summed E-state index contributed by atoms with van der Waals surface area (Å²) in [5.41, 5.74) is 6.39. The smallest absolute Gasteiger partial charge is 0.141 e. The Bertz CT molecular complexity index is 259. The van der Waals surface area contributed by atoms with Gasteiger partial charge >= 0.3 is 0 Å². The van der Waals surface area contributed by atoms with E-state index in [2.05, 4.69) is 4.98 Å². The Hall–Kier alpha value is -1.32. The van der Waals surface area contributed by atoms with Gasteiger partial charge in [0.2, 0.25) is 0 Å². The molecule has 0 unspecified atom stereocenters. The molecular formula is C6H6BN3. The number of nitrogens with zero attached hydrogens (tertiary/aromatic N) is 1. The van der Waals surface area contributed by atoms with Crippen molar-refractivity contribution in [3.8, 4) is 0 Å². The Labute approximate surface area is 60.2 Å². The molecule has 0 aromatic carbocycles. The van der Waals surface area contributed by atoms with Crippen LogP contribution >= 0.6 is 0 Å². The molecule has 0 saturated carbocycles. The van der Waals surface area contributed by atoms with E-state index in [9.17, 15) is 0 Å². The van der Waals surface area contributed by atoms with Gasteiger partial charge in [-0.05, 0) is 11.7 Å². The fourth-order valence-electron chi connectivity index (χ4n) is 0.630. The number of aromatic nitrogens is 1. The van der Waals surface area contributed by atoms with Crippen LogP contribution in [0.5, 0.6) is 0 Å². The lowest BCUT2D eigenvalue weighted by molar-refractivity contribution is 1.32. The number of nitrogens with one attached hydrogen (secondary N) is 1. The van der Waals surface area contributed by atoms with Gasteiger partial charge in [-0.3, -0.25) is 4.98 Å². The van der Waals surface area contributed by atoms with E-state index >= 15 is 0 Å². The quantitative estimate of drug-likeness (QED) is 0.421.